The Kier molecular flexibility index (Phi) is 6.50. The maximum atomic E-state index is 14.1. The van der Waals surface area contributed by atoms with Gasteiger partial charge in [-0.05, 0) is 38.0 Å². The first-order valence-corrected chi connectivity index (χ1v) is 8.42. The fraction of sp³-hybridized carbons (Fsp3) is 0.500. The monoisotopic (exact) mass is 350 g/mol. The Balaban J connectivity index is 1.85. The Bertz CT molecular complexity index is 662. The van der Waals surface area contributed by atoms with E-state index in [2.05, 4.69) is 5.32 Å². The molecule has 1 saturated heterocycles. The zero-order chi connectivity index (χ0) is 18.4. The highest BCUT2D eigenvalue weighted by Crippen LogP contribution is 2.28. The molecule has 1 heterocycles. The molecule has 2 amide bonds. The van der Waals surface area contributed by atoms with E-state index in [4.69, 9.17) is 4.74 Å². The first kappa shape index (κ1) is 18.9. The van der Waals surface area contributed by atoms with E-state index in [1.165, 1.54) is 11.0 Å². The first-order chi connectivity index (χ1) is 11.9. The number of nitrogens with one attached hydrogen (secondary N) is 1. The number of nitrogens with zero attached hydrogens (tertiary/aromatic N) is 1. The second-order valence-corrected chi connectivity index (χ2v) is 6.06. The fourth-order valence-corrected chi connectivity index (χ4v) is 2.77. The zero-order valence-electron chi connectivity index (χ0n) is 14.5. The number of ether oxygens (including phenoxy) is 1. The second kappa shape index (κ2) is 8.60. The molecule has 0 saturated carbocycles. The summed E-state index contributed by atoms with van der Waals surface area (Å²) in [4.78, 5) is 36.9. The van der Waals surface area contributed by atoms with Crippen LogP contribution in [0.2, 0.25) is 0 Å². The molecule has 1 aromatic carbocycles. The molecule has 136 valence electrons. The molecule has 0 aromatic heterocycles. The van der Waals surface area contributed by atoms with Gasteiger partial charge in [0, 0.05) is 25.9 Å². The van der Waals surface area contributed by atoms with Gasteiger partial charge in [-0.25, -0.2) is 4.39 Å². The predicted molar refractivity (Wildman–Crippen MR) is 90.5 cm³/mol. The van der Waals surface area contributed by atoms with Crippen LogP contribution in [0.4, 0.5) is 10.1 Å². The number of aryl methyl sites for hydroxylation is 1. The highest BCUT2D eigenvalue weighted by atomic mass is 19.1. The molecule has 1 unspecified atom stereocenters. The van der Waals surface area contributed by atoms with E-state index < -0.39 is 11.7 Å². The van der Waals surface area contributed by atoms with Gasteiger partial charge in [-0.2, -0.15) is 0 Å². The Labute approximate surface area is 146 Å². The summed E-state index contributed by atoms with van der Waals surface area (Å²) in [6, 6.07) is 4.65. The zero-order valence-corrected chi connectivity index (χ0v) is 14.5. The summed E-state index contributed by atoms with van der Waals surface area (Å²) in [6.07, 6.45) is 0.761. The van der Waals surface area contributed by atoms with Crippen molar-refractivity contribution in [2.45, 2.75) is 33.1 Å². The van der Waals surface area contributed by atoms with Gasteiger partial charge in [-0.15, -0.1) is 0 Å². The lowest BCUT2D eigenvalue weighted by Gasteiger charge is -2.17. The topological polar surface area (TPSA) is 75.7 Å². The minimum absolute atomic E-state index is 0.0526. The molecule has 1 atom stereocenters. The molecule has 0 radical (unpaired) electrons. The summed E-state index contributed by atoms with van der Waals surface area (Å²) >= 11 is 0. The van der Waals surface area contributed by atoms with Gasteiger partial charge in [0.15, 0.2) is 0 Å². The van der Waals surface area contributed by atoms with Crippen LogP contribution in [0.25, 0.3) is 0 Å². The molecule has 0 bridgehead atoms. The van der Waals surface area contributed by atoms with Gasteiger partial charge in [0.1, 0.15) is 5.82 Å². The number of carbonyl (C=O) groups is 3. The number of rotatable bonds is 7. The minimum atomic E-state index is -0.518. The smallest absolute Gasteiger partial charge is 0.305 e. The molecule has 1 N–H and O–H groups in total. The Morgan fingerprint density at radius 3 is 2.84 bits per heavy atom. The van der Waals surface area contributed by atoms with Gasteiger partial charge in [0.05, 0.1) is 18.2 Å². The maximum Gasteiger partial charge on any atom is 0.305 e. The van der Waals surface area contributed by atoms with Crippen molar-refractivity contribution in [3.63, 3.8) is 0 Å². The third kappa shape index (κ3) is 5.01. The molecule has 6 nitrogen and oxygen atoms in total. The average molecular weight is 350 g/mol. The van der Waals surface area contributed by atoms with Gasteiger partial charge in [0.2, 0.25) is 11.8 Å². The lowest BCUT2D eigenvalue weighted by Crippen LogP contribution is -2.33. The quantitative estimate of drug-likeness (QED) is 0.602. The van der Waals surface area contributed by atoms with Crippen LogP contribution in [-0.4, -0.2) is 37.5 Å². The van der Waals surface area contributed by atoms with Crippen molar-refractivity contribution in [1.29, 1.82) is 0 Å². The molecule has 7 heteroatoms. The Morgan fingerprint density at radius 2 is 2.16 bits per heavy atom. The van der Waals surface area contributed by atoms with Crippen LogP contribution in [0.3, 0.4) is 0 Å². The number of esters is 1. The third-order valence-electron chi connectivity index (χ3n) is 4.05. The second-order valence-electron chi connectivity index (χ2n) is 6.06. The molecule has 0 spiro atoms. The van der Waals surface area contributed by atoms with Crippen LogP contribution in [0.15, 0.2) is 18.2 Å². The summed E-state index contributed by atoms with van der Waals surface area (Å²) in [5, 5.41) is 2.72. The van der Waals surface area contributed by atoms with Crippen molar-refractivity contribution in [2.75, 3.05) is 24.6 Å². The molecule has 0 aliphatic carbocycles. The summed E-state index contributed by atoms with van der Waals surface area (Å²) in [5.74, 6) is -1.81. The number of carbonyl (C=O) groups excluding carboxylic acids is 3. The van der Waals surface area contributed by atoms with Gasteiger partial charge >= 0.3 is 5.97 Å². The highest BCUT2D eigenvalue weighted by molar-refractivity contribution is 6.00. The molecule has 25 heavy (non-hydrogen) atoms. The number of benzene rings is 1. The van der Waals surface area contributed by atoms with Gasteiger partial charge in [0.25, 0.3) is 0 Å². The Morgan fingerprint density at radius 1 is 1.40 bits per heavy atom. The van der Waals surface area contributed by atoms with E-state index in [1.807, 2.05) is 0 Å². The molecule has 1 fully saturated rings. The summed E-state index contributed by atoms with van der Waals surface area (Å²) < 4.78 is 18.9. The normalized spacial score (nSPS) is 16.8. The van der Waals surface area contributed by atoms with Crippen molar-refractivity contribution in [3.8, 4) is 0 Å². The van der Waals surface area contributed by atoms with Crippen molar-refractivity contribution >= 4 is 23.5 Å². The van der Waals surface area contributed by atoms with E-state index in [9.17, 15) is 18.8 Å². The van der Waals surface area contributed by atoms with Gasteiger partial charge in [-0.3, -0.25) is 14.4 Å². The largest absolute Gasteiger partial charge is 0.466 e. The number of halogens is 1. The van der Waals surface area contributed by atoms with Crippen molar-refractivity contribution in [2.24, 2.45) is 5.92 Å². The molecule has 2 rings (SSSR count). The predicted octanol–water partition coefficient (Wildman–Crippen LogP) is 1.95. The Hall–Kier alpha value is -2.44. The first-order valence-electron chi connectivity index (χ1n) is 8.42. The molecule has 1 aliphatic rings. The fourth-order valence-electron chi connectivity index (χ4n) is 2.77. The van der Waals surface area contributed by atoms with Crippen molar-refractivity contribution < 1.29 is 23.5 Å². The van der Waals surface area contributed by atoms with Gasteiger partial charge < -0.3 is 15.0 Å². The molecular formula is C18H23FN2O4. The molecule has 1 aromatic rings. The van der Waals surface area contributed by atoms with E-state index in [0.29, 0.717) is 19.6 Å². The summed E-state index contributed by atoms with van der Waals surface area (Å²) in [5.41, 5.74) is 0.969. The number of amides is 2. The number of hydrogen-bond acceptors (Lipinski definition) is 4. The highest BCUT2D eigenvalue weighted by Gasteiger charge is 2.36. The summed E-state index contributed by atoms with van der Waals surface area (Å²) in [6.45, 7) is 4.33. The van der Waals surface area contributed by atoms with Crippen LogP contribution < -0.4 is 10.2 Å². The van der Waals surface area contributed by atoms with E-state index in [-0.39, 0.29) is 42.9 Å². The van der Waals surface area contributed by atoms with Crippen LogP contribution in [0, 0.1) is 18.7 Å². The van der Waals surface area contributed by atoms with Crippen molar-refractivity contribution in [3.05, 3.63) is 29.6 Å². The molecule has 1 aliphatic heterocycles. The lowest BCUT2D eigenvalue weighted by molar-refractivity contribution is -0.143. The van der Waals surface area contributed by atoms with Crippen LogP contribution in [-0.2, 0) is 19.1 Å². The standard InChI is InChI=1S/C18H23FN2O4/c1-3-25-17(23)5-4-8-20-18(24)13-10-16(22)21(11-13)15-7-6-12(2)9-14(15)19/h6-7,9,13H,3-5,8,10-11H2,1-2H3,(H,20,24). The van der Waals surface area contributed by atoms with Crippen LogP contribution in [0.1, 0.15) is 31.7 Å². The maximum absolute atomic E-state index is 14.1. The van der Waals surface area contributed by atoms with Gasteiger partial charge in [-0.1, -0.05) is 6.07 Å². The van der Waals surface area contributed by atoms with Crippen molar-refractivity contribution in [1.82, 2.24) is 5.32 Å². The van der Waals surface area contributed by atoms with E-state index >= 15 is 0 Å². The summed E-state index contributed by atoms with van der Waals surface area (Å²) in [7, 11) is 0. The minimum Gasteiger partial charge on any atom is -0.466 e. The third-order valence-corrected chi connectivity index (χ3v) is 4.05. The number of hydrogen-bond donors (Lipinski definition) is 1. The van der Waals surface area contributed by atoms with Crippen LogP contribution >= 0.6 is 0 Å². The van der Waals surface area contributed by atoms with E-state index in [1.54, 1.807) is 26.0 Å². The van der Waals surface area contributed by atoms with E-state index in [0.717, 1.165) is 5.56 Å². The SMILES string of the molecule is CCOC(=O)CCCNC(=O)C1CC(=O)N(c2ccc(C)cc2F)C1. The average Bonchev–Trinajstić information content (AvgIpc) is 2.93. The van der Waals surface area contributed by atoms with Crippen LogP contribution in [0.5, 0.6) is 0 Å². The molecular weight excluding hydrogens is 327 g/mol. The number of anilines is 1. The lowest BCUT2D eigenvalue weighted by atomic mass is 10.1.